The first-order valence-corrected chi connectivity index (χ1v) is 5.55. The van der Waals surface area contributed by atoms with Gasteiger partial charge in [0.2, 0.25) is 0 Å². The Kier molecular flexibility index (Phi) is 4.62. The second kappa shape index (κ2) is 5.77. The molecule has 0 spiro atoms. The maximum Gasteiger partial charge on any atom is 0.379 e. The second-order valence-electron chi connectivity index (χ2n) is 2.99. The minimum absolute atomic E-state index is 0.0753. The van der Waals surface area contributed by atoms with Crippen molar-refractivity contribution in [3.63, 3.8) is 0 Å². The molecule has 0 aromatic heterocycles. The molecule has 0 amide bonds. The van der Waals surface area contributed by atoms with Gasteiger partial charge in [0.15, 0.2) is 11.6 Å². The number of hydrogen-bond acceptors (Lipinski definition) is 4. The van der Waals surface area contributed by atoms with E-state index in [1.165, 1.54) is 19.2 Å². The molecule has 0 heterocycles. The van der Waals surface area contributed by atoms with E-state index < -0.39 is 17.6 Å². The number of ketones is 1. The van der Waals surface area contributed by atoms with E-state index in [2.05, 4.69) is 20.7 Å². The molecular formula is C11H10BrFO4. The number of rotatable bonds is 4. The van der Waals surface area contributed by atoms with E-state index >= 15 is 0 Å². The maximum absolute atomic E-state index is 13.6. The number of Topliss-reactive ketones (excluding diaryl/α,β-unsaturated/α-hetero) is 1. The highest BCUT2D eigenvalue weighted by atomic mass is 79.9. The van der Waals surface area contributed by atoms with E-state index in [1.807, 2.05) is 0 Å². The minimum atomic E-state index is -1.03. The Morgan fingerprint density at radius 2 is 2.06 bits per heavy atom. The number of halogens is 2. The van der Waals surface area contributed by atoms with Crippen molar-refractivity contribution in [1.29, 1.82) is 0 Å². The molecule has 6 heteroatoms. The highest BCUT2D eigenvalue weighted by Gasteiger charge is 2.24. The van der Waals surface area contributed by atoms with E-state index in [-0.39, 0.29) is 22.4 Å². The van der Waals surface area contributed by atoms with Crippen LogP contribution >= 0.6 is 15.9 Å². The lowest BCUT2D eigenvalue weighted by molar-refractivity contribution is -0.137. The van der Waals surface area contributed by atoms with Crippen molar-refractivity contribution in [3.05, 3.63) is 28.0 Å². The molecule has 0 saturated carbocycles. The van der Waals surface area contributed by atoms with Crippen LogP contribution in [-0.2, 0) is 9.53 Å². The Morgan fingerprint density at radius 1 is 1.41 bits per heavy atom. The lowest BCUT2D eigenvalue weighted by Gasteiger charge is -2.09. The van der Waals surface area contributed by atoms with Crippen LogP contribution in [0.1, 0.15) is 17.3 Å². The summed E-state index contributed by atoms with van der Waals surface area (Å²) in [6.07, 6.45) is 0. The fraction of sp³-hybridized carbons (Fsp3) is 0.273. The lowest BCUT2D eigenvalue weighted by atomic mass is 10.1. The number of hydrogen-bond donors (Lipinski definition) is 0. The van der Waals surface area contributed by atoms with Crippen molar-refractivity contribution in [2.24, 2.45) is 0 Å². The molecule has 0 fully saturated rings. The first-order chi connectivity index (χ1) is 8.02. The molecular weight excluding hydrogens is 295 g/mol. The highest BCUT2D eigenvalue weighted by Crippen LogP contribution is 2.29. The van der Waals surface area contributed by atoms with Crippen LogP contribution in [0.15, 0.2) is 16.6 Å². The predicted octanol–water partition coefficient (Wildman–Crippen LogP) is 2.34. The van der Waals surface area contributed by atoms with E-state index in [4.69, 9.17) is 4.74 Å². The summed E-state index contributed by atoms with van der Waals surface area (Å²) in [6.45, 7) is 1.65. The van der Waals surface area contributed by atoms with Gasteiger partial charge in [-0.3, -0.25) is 4.79 Å². The van der Waals surface area contributed by atoms with Crippen LogP contribution in [0.25, 0.3) is 0 Å². The molecule has 17 heavy (non-hydrogen) atoms. The van der Waals surface area contributed by atoms with Gasteiger partial charge in [-0.05, 0) is 35.0 Å². The summed E-state index contributed by atoms with van der Waals surface area (Å²) in [6, 6.07) is 2.62. The van der Waals surface area contributed by atoms with Gasteiger partial charge in [-0.2, -0.15) is 0 Å². The van der Waals surface area contributed by atoms with Crippen molar-refractivity contribution < 1.29 is 23.5 Å². The van der Waals surface area contributed by atoms with Crippen molar-refractivity contribution in [2.75, 3.05) is 13.7 Å². The number of methoxy groups -OCH3 is 1. The summed E-state index contributed by atoms with van der Waals surface area (Å²) in [4.78, 5) is 22.9. The zero-order chi connectivity index (χ0) is 13.0. The van der Waals surface area contributed by atoms with Crippen LogP contribution in [0.3, 0.4) is 0 Å². The largest absolute Gasteiger partial charge is 0.493 e. The second-order valence-corrected chi connectivity index (χ2v) is 3.85. The molecule has 0 aliphatic rings. The first-order valence-electron chi connectivity index (χ1n) is 4.76. The molecule has 1 rings (SSSR count). The number of esters is 1. The molecule has 1 aromatic rings. The molecule has 1 aromatic carbocycles. The van der Waals surface area contributed by atoms with Crippen molar-refractivity contribution in [1.82, 2.24) is 0 Å². The van der Waals surface area contributed by atoms with Gasteiger partial charge >= 0.3 is 5.97 Å². The topological polar surface area (TPSA) is 52.6 Å². The Hall–Kier alpha value is -1.43. The molecule has 0 radical (unpaired) electrons. The third kappa shape index (κ3) is 2.82. The fourth-order valence-corrected chi connectivity index (χ4v) is 1.53. The summed E-state index contributed by atoms with van der Waals surface area (Å²) in [5.41, 5.74) is -0.161. The number of benzene rings is 1. The molecule has 92 valence electrons. The average molecular weight is 305 g/mol. The number of ether oxygens (including phenoxy) is 2. The van der Waals surface area contributed by atoms with Crippen LogP contribution in [0, 0.1) is 5.82 Å². The standard InChI is InChI=1S/C11H10BrFO4/c1-3-17-11(15)9(14)6-4-5-7(12)8(13)10(6)16-2/h4-5H,3H2,1-2H3. The van der Waals surface area contributed by atoms with Gasteiger partial charge < -0.3 is 9.47 Å². The molecule has 4 nitrogen and oxygen atoms in total. The zero-order valence-corrected chi connectivity index (χ0v) is 10.8. The lowest BCUT2D eigenvalue weighted by Crippen LogP contribution is -2.18. The molecule has 0 N–H and O–H groups in total. The van der Waals surface area contributed by atoms with Crippen LogP contribution < -0.4 is 4.74 Å². The van der Waals surface area contributed by atoms with E-state index in [1.54, 1.807) is 6.92 Å². The van der Waals surface area contributed by atoms with E-state index in [9.17, 15) is 14.0 Å². The van der Waals surface area contributed by atoms with Gasteiger partial charge in [-0.15, -0.1) is 0 Å². The molecule has 0 aliphatic heterocycles. The van der Waals surface area contributed by atoms with Gasteiger partial charge in [-0.25, -0.2) is 9.18 Å². The first kappa shape index (κ1) is 13.6. The third-order valence-electron chi connectivity index (χ3n) is 1.96. The normalized spacial score (nSPS) is 9.88. The van der Waals surface area contributed by atoms with E-state index in [0.29, 0.717) is 0 Å². The summed E-state index contributed by atoms with van der Waals surface area (Å²) in [5, 5.41) is 0. The molecule has 0 bridgehead atoms. The minimum Gasteiger partial charge on any atom is -0.493 e. The van der Waals surface area contributed by atoms with Gasteiger partial charge in [0.05, 0.1) is 23.8 Å². The monoisotopic (exact) mass is 304 g/mol. The van der Waals surface area contributed by atoms with Gasteiger partial charge in [0.1, 0.15) is 0 Å². The van der Waals surface area contributed by atoms with Gasteiger partial charge in [0.25, 0.3) is 5.78 Å². The SMILES string of the molecule is CCOC(=O)C(=O)c1ccc(Br)c(F)c1OC. The molecule has 0 aliphatic carbocycles. The summed E-state index contributed by atoms with van der Waals surface area (Å²) in [5.74, 6) is -2.98. The van der Waals surface area contributed by atoms with E-state index in [0.717, 1.165) is 0 Å². The fourth-order valence-electron chi connectivity index (χ4n) is 1.22. The smallest absolute Gasteiger partial charge is 0.379 e. The Morgan fingerprint density at radius 3 is 2.59 bits per heavy atom. The van der Waals surface area contributed by atoms with Gasteiger partial charge in [0, 0.05) is 0 Å². The summed E-state index contributed by atoms with van der Waals surface area (Å²) >= 11 is 2.96. The quantitative estimate of drug-likeness (QED) is 0.487. The van der Waals surface area contributed by atoms with Crippen molar-refractivity contribution in [2.45, 2.75) is 6.92 Å². The number of carbonyl (C=O) groups is 2. The zero-order valence-electron chi connectivity index (χ0n) is 9.25. The average Bonchev–Trinajstić information content (AvgIpc) is 2.31. The highest BCUT2D eigenvalue weighted by molar-refractivity contribution is 9.10. The maximum atomic E-state index is 13.6. The Bertz CT molecular complexity index is 459. The third-order valence-corrected chi connectivity index (χ3v) is 2.57. The molecule has 0 atom stereocenters. The number of carbonyl (C=O) groups excluding carboxylic acids is 2. The van der Waals surface area contributed by atoms with Crippen molar-refractivity contribution >= 4 is 27.7 Å². The Balaban J connectivity index is 3.18. The van der Waals surface area contributed by atoms with Crippen molar-refractivity contribution in [3.8, 4) is 5.75 Å². The van der Waals surface area contributed by atoms with Crippen LogP contribution in [-0.4, -0.2) is 25.5 Å². The molecule has 0 saturated heterocycles. The van der Waals surface area contributed by atoms with Gasteiger partial charge in [-0.1, -0.05) is 0 Å². The summed E-state index contributed by atoms with van der Waals surface area (Å²) in [7, 11) is 1.22. The Labute approximate surface area is 106 Å². The van der Waals surface area contributed by atoms with Crippen LogP contribution in [0.4, 0.5) is 4.39 Å². The predicted molar refractivity (Wildman–Crippen MR) is 61.6 cm³/mol. The van der Waals surface area contributed by atoms with Crippen LogP contribution in [0.5, 0.6) is 5.75 Å². The summed E-state index contributed by atoms with van der Waals surface area (Å²) < 4.78 is 23.1. The molecule has 0 unspecified atom stereocenters. The van der Waals surface area contributed by atoms with Crippen LogP contribution in [0.2, 0.25) is 0 Å².